The molecule has 112 valence electrons. The first-order chi connectivity index (χ1) is 10.0. The fourth-order valence-electron chi connectivity index (χ4n) is 2.40. The Morgan fingerprint density at radius 3 is 2.52 bits per heavy atom. The van der Waals surface area contributed by atoms with Gasteiger partial charge in [0.25, 0.3) is 0 Å². The van der Waals surface area contributed by atoms with Crippen LogP contribution >= 0.6 is 27.7 Å². The molecule has 0 saturated carbocycles. The van der Waals surface area contributed by atoms with Gasteiger partial charge in [0.1, 0.15) is 0 Å². The fourth-order valence-corrected chi connectivity index (χ4v) is 4.06. The fraction of sp³-hybridized carbons (Fsp3) is 0.333. The SMILES string of the molecule is CCNC(C)c1ccc(Br)cc1Sc1ccc(C)cc1C. The minimum atomic E-state index is 0.358. The van der Waals surface area contributed by atoms with Crippen LogP contribution in [0.2, 0.25) is 0 Å². The third-order valence-electron chi connectivity index (χ3n) is 3.50. The van der Waals surface area contributed by atoms with Gasteiger partial charge >= 0.3 is 0 Å². The summed E-state index contributed by atoms with van der Waals surface area (Å²) in [6, 6.07) is 13.6. The standard InChI is InChI=1S/C18H22BrNS/c1-5-20-14(4)16-8-7-15(19)11-18(16)21-17-9-6-12(2)10-13(17)3/h6-11,14,20H,5H2,1-4H3. The smallest absolute Gasteiger partial charge is 0.0302 e. The molecule has 2 rings (SSSR count). The van der Waals surface area contributed by atoms with Gasteiger partial charge in [-0.15, -0.1) is 0 Å². The van der Waals surface area contributed by atoms with Crippen LogP contribution in [0, 0.1) is 13.8 Å². The second-order valence-corrected chi connectivity index (χ2v) is 7.33. The number of halogens is 1. The van der Waals surface area contributed by atoms with Gasteiger partial charge in [-0.05, 0) is 56.6 Å². The van der Waals surface area contributed by atoms with Gasteiger partial charge in [-0.1, -0.05) is 58.4 Å². The molecule has 0 heterocycles. The lowest BCUT2D eigenvalue weighted by atomic mass is 10.1. The van der Waals surface area contributed by atoms with E-state index in [9.17, 15) is 0 Å². The summed E-state index contributed by atoms with van der Waals surface area (Å²) in [4.78, 5) is 2.63. The first-order valence-corrected chi connectivity index (χ1v) is 8.90. The van der Waals surface area contributed by atoms with E-state index in [1.807, 2.05) is 11.8 Å². The van der Waals surface area contributed by atoms with E-state index in [0.717, 1.165) is 11.0 Å². The molecule has 2 aromatic rings. The molecule has 21 heavy (non-hydrogen) atoms. The van der Waals surface area contributed by atoms with Crippen molar-refractivity contribution in [3.05, 3.63) is 57.6 Å². The Hall–Kier alpha value is -0.770. The number of hydrogen-bond acceptors (Lipinski definition) is 2. The van der Waals surface area contributed by atoms with Crippen LogP contribution in [0.25, 0.3) is 0 Å². The molecule has 2 aromatic carbocycles. The maximum Gasteiger partial charge on any atom is 0.0302 e. The lowest BCUT2D eigenvalue weighted by molar-refractivity contribution is 0.589. The zero-order chi connectivity index (χ0) is 15.4. The number of nitrogens with one attached hydrogen (secondary N) is 1. The van der Waals surface area contributed by atoms with E-state index in [4.69, 9.17) is 0 Å². The Morgan fingerprint density at radius 1 is 1.10 bits per heavy atom. The normalized spacial score (nSPS) is 12.4. The third kappa shape index (κ3) is 4.35. The van der Waals surface area contributed by atoms with Crippen molar-refractivity contribution in [1.29, 1.82) is 0 Å². The molecular formula is C18H22BrNS. The molecule has 0 aliphatic carbocycles. The summed E-state index contributed by atoms with van der Waals surface area (Å²) < 4.78 is 1.13. The lowest BCUT2D eigenvalue weighted by Gasteiger charge is -2.18. The van der Waals surface area contributed by atoms with Crippen molar-refractivity contribution in [2.75, 3.05) is 6.54 Å². The quantitative estimate of drug-likeness (QED) is 0.710. The first kappa shape index (κ1) is 16.6. The van der Waals surface area contributed by atoms with E-state index < -0.39 is 0 Å². The van der Waals surface area contributed by atoms with Gasteiger partial charge in [0.05, 0.1) is 0 Å². The number of aryl methyl sites for hydroxylation is 2. The highest BCUT2D eigenvalue weighted by Gasteiger charge is 2.12. The number of benzene rings is 2. The van der Waals surface area contributed by atoms with Gasteiger partial charge in [-0.2, -0.15) is 0 Å². The highest BCUT2D eigenvalue weighted by atomic mass is 79.9. The summed E-state index contributed by atoms with van der Waals surface area (Å²) in [6.07, 6.45) is 0. The maximum atomic E-state index is 3.59. The largest absolute Gasteiger partial charge is 0.310 e. The van der Waals surface area contributed by atoms with Crippen molar-refractivity contribution in [2.24, 2.45) is 0 Å². The van der Waals surface area contributed by atoms with E-state index in [1.165, 1.54) is 26.5 Å². The summed E-state index contributed by atoms with van der Waals surface area (Å²) in [5.41, 5.74) is 4.00. The predicted octanol–water partition coefficient (Wildman–Crippen LogP) is 5.89. The molecule has 0 aliphatic rings. The predicted molar refractivity (Wildman–Crippen MR) is 96.3 cm³/mol. The zero-order valence-electron chi connectivity index (χ0n) is 13.0. The Labute approximate surface area is 140 Å². The van der Waals surface area contributed by atoms with Crippen LogP contribution in [-0.2, 0) is 0 Å². The van der Waals surface area contributed by atoms with E-state index in [-0.39, 0.29) is 0 Å². The Kier molecular flexibility index (Phi) is 5.91. The van der Waals surface area contributed by atoms with Crippen LogP contribution in [0.5, 0.6) is 0 Å². The molecule has 0 aromatic heterocycles. The van der Waals surface area contributed by atoms with Gasteiger partial charge in [-0.3, -0.25) is 0 Å². The average molecular weight is 364 g/mol. The summed E-state index contributed by atoms with van der Waals surface area (Å²) in [6.45, 7) is 9.66. The van der Waals surface area contributed by atoms with E-state index >= 15 is 0 Å². The molecule has 1 nitrogen and oxygen atoms in total. The van der Waals surface area contributed by atoms with Crippen molar-refractivity contribution in [1.82, 2.24) is 5.32 Å². The highest BCUT2D eigenvalue weighted by molar-refractivity contribution is 9.10. The minimum Gasteiger partial charge on any atom is -0.310 e. The van der Waals surface area contributed by atoms with Crippen LogP contribution in [-0.4, -0.2) is 6.54 Å². The summed E-state index contributed by atoms with van der Waals surface area (Å²) >= 11 is 5.44. The third-order valence-corrected chi connectivity index (χ3v) is 5.25. The molecule has 1 unspecified atom stereocenters. The van der Waals surface area contributed by atoms with Crippen LogP contribution in [0.4, 0.5) is 0 Å². The molecule has 0 fully saturated rings. The van der Waals surface area contributed by atoms with Gasteiger partial charge < -0.3 is 5.32 Å². The molecule has 1 atom stereocenters. The molecule has 0 amide bonds. The Balaban J connectivity index is 2.35. The summed E-state index contributed by atoms with van der Waals surface area (Å²) in [5.74, 6) is 0. The van der Waals surface area contributed by atoms with E-state index in [2.05, 4.69) is 85.3 Å². The van der Waals surface area contributed by atoms with E-state index in [1.54, 1.807) is 0 Å². The van der Waals surface area contributed by atoms with Crippen molar-refractivity contribution < 1.29 is 0 Å². The first-order valence-electron chi connectivity index (χ1n) is 7.29. The van der Waals surface area contributed by atoms with Crippen LogP contribution < -0.4 is 5.32 Å². The molecule has 0 saturated heterocycles. The highest BCUT2D eigenvalue weighted by Crippen LogP contribution is 2.36. The van der Waals surface area contributed by atoms with Crippen LogP contribution in [0.1, 0.15) is 36.6 Å². The van der Waals surface area contributed by atoms with Crippen LogP contribution in [0.15, 0.2) is 50.7 Å². The molecule has 0 spiro atoms. The van der Waals surface area contributed by atoms with Crippen molar-refractivity contribution in [3.8, 4) is 0 Å². The van der Waals surface area contributed by atoms with Crippen LogP contribution in [0.3, 0.4) is 0 Å². The van der Waals surface area contributed by atoms with Gasteiger partial charge in [0.2, 0.25) is 0 Å². The van der Waals surface area contributed by atoms with E-state index in [0.29, 0.717) is 6.04 Å². The average Bonchev–Trinajstić information content (AvgIpc) is 2.42. The second-order valence-electron chi connectivity index (χ2n) is 5.33. The second kappa shape index (κ2) is 7.48. The molecular weight excluding hydrogens is 342 g/mol. The maximum absolute atomic E-state index is 3.59. The molecule has 0 radical (unpaired) electrons. The minimum absolute atomic E-state index is 0.358. The van der Waals surface area contributed by atoms with Crippen molar-refractivity contribution in [3.63, 3.8) is 0 Å². The molecule has 3 heteroatoms. The monoisotopic (exact) mass is 363 g/mol. The molecule has 0 bridgehead atoms. The number of hydrogen-bond donors (Lipinski definition) is 1. The topological polar surface area (TPSA) is 12.0 Å². The molecule has 1 N–H and O–H groups in total. The summed E-state index contributed by atoms with van der Waals surface area (Å²) in [7, 11) is 0. The van der Waals surface area contributed by atoms with Crippen molar-refractivity contribution >= 4 is 27.7 Å². The molecule has 0 aliphatic heterocycles. The van der Waals surface area contributed by atoms with Gasteiger partial charge in [0.15, 0.2) is 0 Å². The Bertz CT molecular complexity index is 625. The van der Waals surface area contributed by atoms with Crippen molar-refractivity contribution in [2.45, 2.75) is 43.5 Å². The van der Waals surface area contributed by atoms with Gasteiger partial charge in [0, 0.05) is 20.3 Å². The lowest BCUT2D eigenvalue weighted by Crippen LogP contribution is -2.18. The van der Waals surface area contributed by atoms with Gasteiger partial charge in [-0.25, -0.2) is 0 Å². The number of rotatable bonds is 5. The summed E-state index contributed by atoms with van der Waals surface area (Å²) in [5, 5.41) is 3.50. The Morgan fingerprint density at radius 2 is 1.86 bits per heavy atom. The zero-order valence-corrected chi connectivity index (χ0v) is 15.4.